The molecule has 14 heavy (non-hydrogen) atoms. The molecule has 0 radical (unpaired) electrons. The Morgan fingerprint density at radius 3 is 1.93 bits per heavy atom. The van der Waals surface area contributed by atoms with Gasteiger partial charge in [-0.05, 0) is 0 Å². The minimum Gasteiger partial charge on any atom is -0.394 e. The van der Waals surface area contributed by atoms with Gasteiger partial charge in [-0.25, -0.2) is 0 Å². The lowest BCUT2D eigenvalue weighted by atomic mass is 10.2. The summed E-state index contributed by atoms with van der Waals surface area (Å²) in [6, 6.07) is 0. The van der Waals surface area contributed by atoms with E-state index in [0.29, 0.717) is 0 Å². The fourth-order valence-corrected chi connectivity index (χ4v) is 0.484. The number of aliphatic hydroxyl groups excluding tert-OH is 3. The van der Waals surface area contributed by atoms with Crippen LogP contribution < -0.4 is 0 Å². The molecule has 0 aliphatic rings. The normalized spacial score (nSPS) is 15.6. The van der Waals surface area contributed by atoms with Gasteiger partial charge in [0.25, 0.3) is 5.79 Å². The predicted octanol–water partition coefficient (Wildman–Crippen LogP) is -4.33. The van der Waals surface area contributed by atoms with E-state index in [1.54, 1.807) is 0 Å². The van der Waals surface area contributed by atoms with E-state index in [0.717, 1.165) is 0 Å². The fraction of sp³-hybridized carbons (Fsp3) is 1.00. The molecule has 86 valence electrons. The molecule has 0 aromatic rings. The van der Waals surface area contributed by atoms with Crippen LogP contribution in [0.3, 0.4) is 0 Å². The maximum absolute atomic E-state index is 8.87. The summed E-state index contributed by atoms with van der Waals surface area (Å²) in [5, 5.41) is 60.7. The van der Waals surface area contributed by atoms with Crippen molar-refractivity contribution in [3.8, 4) is 0 Å². The fourth-order valence-electron chi connectivity index (χ4n) is 0.484. The number of ether oxygens (including phenoxy) is 1. The Balaban J connectivity index is 4.20. The predicted molar refractivity (Wildman–Crippen MR) is 40.5 cm³/mol. The molecule has 0 aromatic heterocycles. The van der Waals surface area contributed by atoms with Crippen molar-refractivity contribution in [3.05, 3.63) is 0 Å². The van der Waals surface area contributed by atoms with Crippen LogP contribution in [-0.2, 0) is 4.74 Å². The average Bonchev–Trinajstić information content (AvgIpc) is 2.13. The summed E-state index contributed by atoms with van der Waals surface area (Å²) in [5.41, 5.74) is 0. The molecule has 8 nitrogen and oxygen atoms in total. The first kappa shape index (κ1) is 13.7. The van der Waals surface area contributed by atoms with E-state index < -0.39 is 37.7 Å². The van der Waals surface area contributed by atoms with Gasteiger partial charge >= 0.3 is 5.97 Å². The zero-order valence-electron chi connectivity index (χ0n) is 7.24. The third-order valence-corrected chi connectivity index (χ3v) is 1.43. The second kappa shape index (κ2) is 4.96. The molecule has 0 spiro atoms. The third kappa shape index (κ3) is 3.44. The van der Waals surface area contributed by atoms with Crippen LogP contribution in [-0.4, -0.2) is 73.4 Å². The number of hydrogen-bond donors (Lipinski definition) is 7. The highest BCUT2D eigenvalue weighted by atomic mass is 16.8. The van der Waals surface area contributed by atoms with Gasteiger partial charge in [-0.3, -0.25) is 0 Å². The Bertz CT molecular complexity index is 167. The van der Waals surface area contributed by atoms with Crippen molar-refractivity contribution in [3.63, 3.8) is 0 Å². The van der Waals surface area contributed by atoms with Gasteiger partial charge in [0.1, 0.15) is 12.7 Å². The third-order valence-electron chi connectivity index (χ3n) is 1.43. The van der Waals surface area contributed by atoms with E-state index in [4.69, 9.17) is 35.7 Å². The van der Waals surface area contributed by atoms with Crippen molar-refractivity contribution >= 4 is 0 Å². The van der Waals surface area contributed by atoms with Crippen molar-refractivity contribution in [2.24, 2.45) is 0 Å². The van der Waals surface area contributed by atoms with Gasteiger partial charge in [0.2, 0.25) is 0 Å². The summed E-state index contributed by atoms with van der Waals surface area (Å²) in [7, 11) is 0. The average molecular weight is 214 g/mol. The van der Waals surface area contributed by atoms with E-state index in [-0.39, 0.29) is 0 Å². The molecule has 0 saturated carbocycles. The molecule has 1 atom stereocenters. The second-order valence-electron chi connectivity index (χ2n) is 2.73. The van der Waals surface area contributed by atoms with Crippen LogP contribution in [0.1, 0.15) is 0 Å². The maximum Gasteiger partial charge on any atom is 0.337 e. The molecule has 0 bridgehead atoms. The topological polar surface area (TPSA) is 151 Å². The van der Waals surface area contributed by atoms with Crippen molar-refractivity contribution in [2.45, 2.75) is 17.9 Å². The molecule has 0 aromatic carbocycles. The summed E-state index contributed by atoms with van der Waals surface area (Å²) >= 11 is 0. The van der Waals surface area contributed by atoms with Crippen molar-refractivity contribution in [1.29, 1.82) is 0 Å². The van der Waals surface area contributed by atoms with Gasteiger partial charge in [0, 0.05) is 0 Å². The second-order valence-corrected chi connectivity index (χ2v) is 2.73. The van der Waals surface area contributed by atoms with Gasteiger partial charge in [0.15, 0.2) is 0 Å². The van der Waals surface area contributed by atoms with E-state index >= 15 is 0 Å². The first-order valence-electron chi connectivity index (χ1n) is 3.70. The Morgan fingerprint density at radius 1 is 1.07 bits per heavy atom. The van der Waals surface area contributed by atoms with Crippen LogP contribution in [0.2, 0.25) is 0 Å². The van der Waals surface area contributed by atoms with Gasteiger partial charge in [0.05, 0.1) is 13.2 Å². The quantitative estimate of drug-likeness (QED) is 0.219. The lowest BCUT2D eigenvalue weighted by molar-refractivity contribution is -0.466. The van der Waals surface area contributed by atoms with Crippen molar-refractivity contribution in [2.75, 3.05) is 19.8 Å². The van der Waals surface area contributed by atoms with Crippen LogP contribution >= 0.6 is 0 Å². The van der Waals surface area contributed by atoms with E-state index in [9.17, 15) is 0 Å². The number of aliphatic hydroxyl groups is 7. The van der Waals surface area contributed by atoms with Gasteiger partial charge < -0.3 is 40.5 Å². The van der Waals surface area contributed by atoms with E-state index in [1.165, 1.54) is 0 Å². The maximum atomic E-state index is 8.87. The Morgan fingerprint density at radius 2 is 1.57 bits per heavy atom. The van der Waals surface area contributed by atoms with Crippen molar-refractivity contribution in [1.82, 2.24) is 0 Å². The van der Waals surface area contributed by atoms with Crippen molar-refractivity contribution < 1.29 is 40.5 Å². The summed E-state index contributed by atoms with van der Waals surface area (Å²) in [6.45, 7) is -2.82. The molecule has 1 unspecified atom stereocenters. The van der Waals surface area contributed by atoms with Crippen LogP contribution in [0.15, 0.2) is 0 Å². The van der Waals surface area contributed by atoms with Crippen LogP contribution in [0.5, 0.6) is 0 Å². The molecular formula is C6H14O8. The Hall–Kier alpha value is -0.320. The molecule has 0 amide bonds. The number of hydrogen-bond acceptors (Lipinski definition) is 8. The van der Waals surface area contributed by atoms with E-state index in [2.05, 4.69) is 4.74 Å². The number of rotatable bonds is 6. The molecule has 0 fully saturated rings. The lowest BCUT2D eigenvalue weighted by Crippen LogP contribution is -2.59. The molecule has 0 saturated heterocycles. The summed E-state index contributed by atoms with van der Waals surface area (Å²) in [5.74, 6) is -6.71. The van der Waals surface area contributed by atoms with Gasteiger partial charge in [-0.1, -0.05) is 0 Å². The molecule has 7 N–H and O–H groups in total. The molecule has 0 aliphatic heterocycles. The molecule has 0 heterocycles. The highest BCUT2D eigenvalue weighted by Crippen LogP contribution is 2.17. The monoisotopic (exact) mass is 214 g/mol. The minimum absolute atomic E-state index is 0.695. The molecule has 0 rings (SSSR count). The zero-order chi connectivity index (χ0) is 11.4. The van der Waals surface area contributed by atoms with Crippen LogP contribution in [0.25, 0.3) is 0 Å². The highest BCUT2D eigenvalue weighted by molar-refractivity contribution is 4.73. The molecule has 8 heteroatoms. The minimum atomic E-state index is -3.43. The molecule has 0 aliphatic carbocycles. The summed E-state index contributed by atoms with van der Waals surface area (Å²) in [6.07, 6.45) is -1.40. The van der Waals surface area contributed by atoms with Crippen LogP contribution in [0, 0.1) is 0 Å². The highest BCUT2D eigenvalue weighted by Gasteiger charge is 2.49. The molecular weight excluding hydrogens is 200 g/mol. The summed E-state index contributed by atoms with van der Waals surface area (Å²) < 4.78 is 4.08. The largest absolute Gasteiger partial charge is 0.394 e. The van der Waals surface area contributed by atoms with Gasteiger partial charge in [-0.2, -0.15) is 0 Å². The van der Waals surface area contributed by atoms with Crippen LogP contribution in [0.4, 0.5) is 0 Å². The van der Waals surface area contributed by atoms with E-state index in [1.807, 2.05) is 0 Å². The lowest BCUT2D eigenvalue weighted by Gasteiger charge is -2.32. The zero-order valence-corrected chi connectivity index (χ0v) is 7.24. The Labute approximate surface area is 79.2 Å². The standard InChI is InChI=1S/C6H14O8/c7-1-4(9)2-14-6(12,13)5(10,11)3-8/h4,7-13H,1-3H2. The first-order chi connectivity index (χ1) is 6.27. The Kier molecular flexibility index (Phi) is 4.84. The summed E-state index contributed by atoms with van der Waals surface area (Å²) in [4.78, 5) is 0. The smallest absolute Gasteiger partial charge is 0.337 e. The SMILES string of the molecule is OCC(O)COC(O)(O)C(O)(O)CO. The first-order valence-corrected chi connectivity index (χ1v) is 3.70. The van der Waals surface area contributed by atoms with Gasteiger partial charge in [-0.15, -0.1) is 0 Å².